The number of hydrogen-bond acceptors (Lipinski definition) is 6. The van der Waals surface area contributed by atoms with Gasteiger partial charge in [0.05, 0.1) is 24.2 Å². The van der Waals surface area contributed by atoms with Crippen LogP contribution in [-0.4, -0.2) is 24.2 Å². The van der Waals surface area contributed by atoms with Gasteiger partial charge in [0.2, 0.25) is 0 Å². The van der Waals surface area contributed by atoms with Crippen LogP contribution in [0.4, 0.5) is 10.5 Å². The molecule has 2 rings (SSSR count). The van der Waals surface area contributed by atoms with Crippen molar-refractivity contribution in [3.63, 3.8) is 0 Å². The van der Waals surface area contributed by atoms with Crippen molar-refractivity contribution in [2.75, 3.05) is 13.2 Å². The average Bonchev–Trinajstić information content (AvgIpc) is 2.58. The lowest BCUT2D eigenvalue weighted by molar-refractivity contribution is -0.385. The predicted octanol–water partition coefficient (Wildman–Crippen LogP) is 3.44. The quantitative estimate of drug-likeness (QED) is 0.570. The third-order valence-corrected chi connectivity index (χ3v) is 3.47. The van der Waals surface area contributed by atoms with Crippen LogP contribution in [0.1, 0.15) is 25.0 Å². The van der Waals surface area contributed by atoms with E-state index in [4.69, 9.17) is 19.9 Å². The summed E-state index contributed by atoms with van der Waals surface area (Å²) in [5.74, 6) is 0.967. The summed E-state index contributed by atoms with van der Waals surface area (Å²) in [5.41, 5.74) is 6.50. The first-order valence-electron chi connectivity index (χ1n) is 8.07. The van der Waals surface area contributed by atoms with E-state index in [0.717, 1.165) is 11.1 Å². The molecular weight excluding hydrogens is 340 g/mol. The lowest BCUT2D eigenvalue weighted by Gasteiger charge is -2.13. The Morgan fingerprint density at radius 1 is 1.08 bits per heavy atom. The van der Waals surface area contributed by atoms with E-state index < -0.39 is 11.0 Å². The van der Waals surface area contributed by atoms with Crippen LogP contribution in [0.3, 0.4) is 0 Å². The maximum absolute atomic E-state index is 11.3. The molecule has 0 aliphatic heterocycles. The molecule has 0 fully saturated rings. The summed E-state index contributed by atoms with van der Waals surface area (Å²) >= 11 is 0. The van der Waals surface area contributed by atoms with Gasteiger partial charge in [-0.3, -0.25) is 10.1 Å². The highest BCUT2D eigenvalue weighted by Gasteiger charge is 2.20. The molecule has 2 aromatic rings. The van der Waals surface area contributed by atoms with Gasteiger partial charge in [-0.2, -0.15) is 0 Å². The molecule has 0 aromatic heterocycles. The smallest absolute Gasteiger partial charge is 0.409 e. The van der Waals surface area contributed by atoms with Gasteiger partial charge in [0.25, 0.3) is 0 Å². The molecule has 0 unspecified atom stereocenters. The minimum atomic E-state index is -0.881. The topological polar surface area (TPSA) is 114 Å². The number of benzene rings is 2. The lowest BCUT2D eigenvalue weighted by atomic mass is 10.0. The molecule has 8 nitrogen and oxygen atoms in total. The number of rotatable bonds is 8. The Morgan fingerprint density at radius 3 is 2.23 bits per heavy atom. The van der Waals surface area contributed by atoms with Crippen molar-refractivity contribution in [3.05, 3.63) is 57.6 Å². The molecule has 8 heteroatoms. The summed E-state index contributed by atoms with van der Waals surface area (Å²) in [5, 5.41) is 11.3. The van der Waals surface area contributed by atoms with E-state index >= 15 is 0 Å². The standard InChI is InChI=1S/C18H20N2O6/c1-3-24-16-11-15(20(22)23)17(25-4-2)10-13(16)9-12-5-7-14(8-6-12)26-18(19)21/h5-8,10-11H,3-4,9H2,1-2H3,(H2,19,21). The van der Waals surface area contributed by atoms with Crippen LogP contribution in [0.5, 0.6) is 17.2 Å². The van der Waals surface area contributed by atoms with Crippen molar-refractivity contribution in [1.29, 1.82) is 0 Å². The summed E-state index contributed by atoms with van der Waals surface area (Å²) in [7, 11) is 0. The summed E-state index contributed by atoms with van der Waals surface area (Å²) < 4.78 is 15.8. The van der Waals surface area contributed by atoms with Crippen LogP contribution in [-0.2, 0) is 6.42 Å². The molecule has 1 amide bonds. The van der Waals surface area contributed by atoms with Crippen LogP contribution in [0, 0.1) is 10.1 Å². The molecule has 138 valence electrons. The monoisotopic (exact) mass is 360 g/mol. The Bertz CT molecular complexity index is 789. The minimum Gasteiger partial charge on any atom is -0.493 e. The number of nitro benzene ring substituents is 1. The van der Waals surface area contributed by atoms with E-state index in [9.17, 15) is 14.9 Å². The highest BCUT2D eigenvalue weighted by molar-refractivity contribution is 5.68. The van der Waals surface area contributed by atoms with Crippen molar-refractivity contribution >= 4 is 11.8 Å². The van der Waals surface area contributed by atoms with Crippen molar-refractivity contribution in [3.8, 4) is 17.2 Å². The third kappa shape index (κ3) is 4.85. The molecule has 0 aliphatic rings. The van der Waals surface area contributed by atoms with Gasteiger partial charge in [-0.15, -0.1) is 0 Å². The van der Waals surface area contributed by atoms with Gasteiger partial charge in [0, 0.05) is 12.0 Å². The van der Waals surface area contributed by atoms with E-state index in [2.05, 4.69) is 0 Å². The van der Waals surface area contributed by atoms with Gasteiger partial charge >= 0.3 is 11.8 Å². The van der Waals surface area contributed by atoms with Crippen LogP contribution in [0.2, 0.25) is 0 Å². The summed E-state index contributed by atoms with van der Waals surface area (Å²) in [6.45, 7) is 4.26. The highest BCUT2D eigenvalue weighted by atomic mass is 16.6. The zero-order chi connectivity index (χ0) is 19.1. The third-order valence-electron chi connectivity index (χ3n) is 3.47. The fraction of sp³-hybridized carbons (Fsp3) is 0.278. The van der Waals surface area contributed by atoms with E-state index in [0.29, 0.717) is 31.1 Å². The second-order valence-corrected chi connectivity index (χ2v) is 5.29. The fourth-order valence-electron chi connectivity index (χ4n) is 2.44. The first-order valence-corrected chi connectivity index (χ1v) is 8.07. The van der Waals surface area contributed by atoms with Crippen LogP contribution in [0.25, 0.3) is 0 Å². The SMILES string of the molecule is CCOc1cc([N+](=O)[O-])c(OCC)cc1Cc1ccc(OC(N)=O)cc1. The Balaban J connectivity index is 2.35. The number of carbonyl (C=O) groups excluding carboxylic acids is 1. The number of ether oxygens (including phenoxy) is 3. The van der Waals surface area contributed by atoms with E-state index in [1.807, 2.05) is 6.92 Å². The first-order chi connectivity index (χ1) is 12.4. The molecule has 0 heterocycles. The Kier molecular flexibility index (Phi) is 6.37. The molecule has 0 atom stereocenters. The number of carbonyl (C=O) groups is 1. The van der Waals surface area contributed by atoms with E-state index in [1.165, 1.54) is 6.07 Å². The van der Waals surface area contributed by atoms with Crippen molar-refractivity contribution < 1.29 is 23.9 Å². The normalized spacial score (nSPS) is 10.2. The second kappa shape index (κ2) is 8.70. The van der Waals surface area contributed by atoms with Crippen molar-refractivity contribution in [2.45, 2.75) is 20.3 Å². The first kappa shape index (κ1) is 19.0. The molecule has 2 aromatic carbocycles. The molecule has 0 saturated heterocycles. The van der Waals surface area contributed by atoms with Crippen LogP contribution in [0.15, 0.2) is 36.4 Å². The Morgan fingerprint density at radius 2 is 1.69 bits per heavy atom. The number of amides is 1. The zero-order valence-corrected chi connectivity index (χ0v) is 14.6. The number of nitro groups is 1. The molecule has 2 N–H and O–H groups in total. The summed E-state index contributed by atoms with van der Waals surface area (Å²) in [6.07, 6.45) is -0.419. The van der Waals surface area contributed by atoms with Crippen molar-refractivity contribution in [1.82, 2.24) is 0 Å². The highest BCUT2D eigenvalue weighted by Crippen LogP contribution is 2.36. The fourth-order valence-corrected chi connectivity index (χ4v) is 2.44. The molecule has 0 bridgehead atoms. The lowest BCUT2D eigenvalue weighted by Crippen LogP contribution is -2.16. The van der Waals surface area contributed by atoms with Gasteiger partial charge in [-0.1, -0.05) is 12.1 Å². The predicted molar refractivity (Wildman–Crippen MR) is 94.9 cm³/mol. The molecule has 0 aliphatic carbocycles. The number of nitrogens with two attached hydrogens (primary N) is 1. The van der Waals surface area contributed by atoms with E-state index in [1.54, 1.807) is 37.3 Å². The average molecular weight is 360 g/mol. The zero-order valence-electron chi connectivity index (χ0n) is 14.6. The summed E-state index contributed by atoms with van der Waals surface area (Å²) in [4.78, 5) is 21.5. The minimum absolute atomic E-state index is 0.135. The number of primary amides is 1. The largest absolute Gasteiger partial charge is 0.493 e. The summed E-state index contributed by atoms with van der Waals surface area (Å²) in [6, 6.07) is 9.80. The van der Waals surface area contributed by atoms with Crippen LogP contribution < -0.4 is 19.9 Å². The van der Waals surface area contributed by atoms with Gasteiger partial charge < -0.3 is 19.9 Å². The van der Waals surface area contributed by atoms with Crippen molar-refractivity contribution in [2.24, 2.45) is 5.73 Å². The maximum Gasteiger partial charge on any atom is 0.409 e. The van der Waals surface area contributed by atoms with Gasteiger partial charge in [-0.25, -0.2) is 4.79 Å². The van der Waals surface area contributed by atoms with Gasteiger partial charge in [0.15, 0.2) is 5.75 Å². The molecule has 0 saturated carbocycles. The second-order valence-electron chi connectivity index (χ2n) is 5.29. The molecule has 0 radical (unpaired) electrons. The Hall–Kier alpha value is -3.29. The van der Waals surface area contributed by atoms with E-state index in [-0.39, 0.29) is 11.4 Å². The Labute approximate surface area is 150 Å². The maximum atomic E-state index is 11.3. The molecular formula is C18H20N2O6. The number of nitrogens with zero attached hydrogens (tertiary/aromatic N) is 1. The van der Waals surface area contributed by atoms with Gasteiger partial charge in [0.1, 0.15) is 11.5 Å². The molecule has 26 heavy (non-hydrogen) atoms. The van der Waals surface area contributed by atoms with Crippen LogP contribution >= 0.6 is 0 Å². The van der Waals surface area contributed by atoms with Gasteiger partial charge in [-0.05, 0) is 37.6 Å². The number of hydrogen-bond donors (Lipinski definition) is 1. The molecule has 0 spiro atoms.